The van der Waals surface area contributed by atoms with Crippen LogP contribution in [0, 0.1) is 3.57 Å². The summed E-state index contributed by atoms with van der Waals surface area (Å²) in [7, 11) is -3.74. The Morgan fingerprint density at radius 3 is 2.04 bits per heavy atom. The highest BCUT2D eigenvalue weighted by molar-refractivity contribution is 14.1. The van der Waals surface area contributed by atoms with Gasteiger partial charge in [-0.1, -0.05) is 0 Å². The molecule has 0 aromatic heterocycles. The summed E-state index contributed by atoms with van der Waals surface area (Å²) in [6, 6.07) is 12.5. The molecule has 9 heteroatoms. The van der Waals surface area contributed by atoms with Crippen molar-refractivity contribution < 1.29 is 23.1 Å². The van der Waals surface area contributed by atoms with Crippen molar-refractivity contribution in [1.29, 1.82) is 0 Å². The number of hydrogen-bond donors (Lipinski definition) is 3. The minimum absolute atomic E-state index is 0.0505. The van der Waals surface area contributed by atoms with Crippen molar-refractivity contribution in [2.24, 2.45) is 0 Å². The van der Waals surface area contributed by atoms with Gasteiger partial charge in [0.1, 0.15) is 0 Å². The lowest BCUT2D eigenvalue weighted by atomic mass is 10.2. The molecule has 0 heterocycles. The molecule has 0 aliphatic carbocycles. The van der Waals surface area contributed by atoms with Gasteiger partial charge in [-0.05, 0) is 71.1 Å². The van der Waals surface area contributed by atoms with Crippen molar-refractivity contribution in [2.45, 2.75) is 17.7 Å². The highest BCUT2D eigenvalue weighted by atomic mass is 127. The number of carbonyl (C=O) groups is 2. The number of amides is 1. The Balaban J connectivity index is 2.04. The van der Waals surface area contributed by atoms with Crippen LogP contribution in [0.5, 0.6) is 0 Å². The van der Waals surface area contributed by atoms with Crippen molar-refractivity contribution in [3.63, 3.8) is 0 Å². The first-order chi connectivity index (χ1) is 11.8. The predicted molar refractivity (Wildman–Crippen MR) is 102 cm³/mol. The molecule has 3 N–H and O–H groups in total. The Morgan fingerprint density at radius 1 is 0.920 bits per heavy atom. The molecular formula is C16H15IN2O5S. The fourth-order valence-corrected chi connectivity index (χ4v) is 3.31. The number of halogens is 1. The highest BCUT2D eigenvalue weighted by Crippen LogP contribution is 2.19. The fourth-order valence-electron chi connectivity index (χ4n) is 1.89. The molecule has 0 fully saturated rings. The van der Waals surface area contributed by atoms with Crippen LogP contribution in [0.2, 0.25) is 0 Å². The molecule has 0 bridgehead atoms. The number of anilines is 2. The highest BCUT2D eigenvalue weighted by Gasteiger charge is 2.14. The number of hydrogen-bond acceptors (Lipinski definition) is 4. The molecule has 0 saturated heterocycles. The lowest BCUT2D eigenvalue weighted by molar-refractivity contribution is -0.138. The lowest BCUT2D eigenvalue weighted by Crippen LogP contribution is -2.14. The van der Waals surface area contributed by atoms with Crippen molar-refractivity contribution >= 4 is 55.9 Å². The SMILES string of the molecule is O=C(O)CCC(=O)Nc1ccc(S(=O)(=O)Nc2ccc(I)cc2)cc1. The number of carboxylic acid groups (broad SMARTS) is 1. The van der Waals surface area contributed by atoms with E-state index in [1.54, 1.807) is 24.3 Å². The molecule has 0 aliphatic rings. The zero-order valence-electron chi connectivity index (χ0n) is 12.9. The van der Waals surface area contributed by atoms with Gasteiger partial charge < -0.3 is 10.4 Å². The maximum absolute atomic E-state index is 12.3. The van der Waals surface area contributed by atoms with Gasteiger partial charge in [-0.2, -0.15) is 0 Å². The summed E-state index contributed by atoms with van der Waals surface area (Å²) >= 11 is 2.12. The lowest BCUT2D eigenvalue weighted by Gasteiger charge is -2.09. The van der Waals surface area contributed by atoms with Crippen LogP contribution >= 0.6 is 22.6 Å². The van der Waals surface area contributed by atoms with Crippen LogP contribution in [0.4, 0.5) is 11.4 Å². The Labute approximate surface area is 158 Å². The predicted octanol–water partition coefficient (Wildman–Crippen LogP) is 2.90. The van der Waals surface area contributed by atoms with Gasteiger partial charge in [0.2, 0.25) is 5.91 Å². The van der Waals surface area contributed by atoms with Crippen LogP contribution in [0.15, 0.2) is 53.4 Å². The Bertz CT molecular complexity index is 864. The molecule has 1 amide bonds. The minimum atomic E-state index is -3.74. The van der Waals surface area contributed by atoms with Gasteiger partial charge in [0, 0.05) is 21.4 Å². The Hall–Kier alpha value is -2.14. The third kappa shape index (κ3) is 6.02. The first-order valence-corrected chi connectivity index (χ1v) is 9.72. The van der Waals surface area contributed by atoms with Gasteiger partial charge in [-0.15, -0.1) is 0 Å². The zero-order chi connectivity index (χ0) is 18.4. The summed E-state index contributed by atoms with van der Waals surface area (Å²) in [6.07, 6.45) is -0.415. The normalized spacial score (nSPS) is 10.9. The van der Waals surface area contributed by atoms with Gasteiger partial charge in [-0.3, -0.25) is 14.3 Å². The standard InChI is InChI=1S/C16H15IN2O5S/c17-11-1-3-13(4-2-11)19-25(23,24)14-7-5-12(6-8-14)18-15(20)9-10-16(21)22/h1-8,19H,9-10H2,(H,18,20)(H,21,22). The molecule has 0 unspecified atom stereocenters. The molecule has 7 nitrogen and oxygen atoms in total. The van der Waals surface area contributed by atoms with E-state index < -0.39 is 21.9 Å². The van der Waals surface area contributed by atoms with Crippen molar-refractivity contribution in [2.75, 3.05) is 10.0 Å². The molecule has 25 heavy (non-hydrogen) atoms. The molecular weight excluding hydrogens is 459 g/mol. The second-order valence-corrected chi connectivity index (χ2v) is 8.01. The number of nitrogens with one attached hydrogen (secondary N) is 2. The van der Waals surface area contributed by atoms with Crippen molar-refractivity contribution in [3.8, 4) is 0 Å². The topological polar surface area (TPSA) is 113 Å². The minimum Gasteiger partial charge on any atom is -0.481 e. The van der Waals surface area contributed by atoms with Gasteiger partial charge in [0.05, 0.1) is 11.3 Å². The van der Waals surface area contributed by atoms with Crippen LogP contribution in [-0.2, 0) is 19.6 Å². The van der Waals surface area contributed by atoms with E-state index in [1.807, 2.05) is 0 Å². The summed E-state index contributed by atoms with van der Waals surface area (Å²) in [5, 5.41) is 11.1. The molecule has 2 aromatic carbocycles. The van der Waals surface area contributed by atoms with Gasteiger partial charge in [0.15, 0.2) is 0 Å². The van der Waals surface area contributed by atoms with E-state index in [1.165, 1.54) is 24.3 Å². The molecule has 0 atom stereocenters. The number of aliphatic carboxylic acids is 1. The molecule has 0 aliphatic heterocycles. The largest absolute Gasteiger partial charge is 0.481 e. The third-order valence-corrected chi connectivity index (χ3v) is 5.23. The van der Waals surface area contributed by atoms with Crippen molar-refractivity contribution in [1.82, 2.24) is 0 Å². The first-order valence-electron chi connectivity index (χ1n) is 7.16. The summed E-state index contributed by atoms with van der Waals surface area (Å²) < 4.78 is 28.1. The van der Waals surface area contributed by atoms with Crippen LogP contribution in [0.25, 0.3) is 0 Å². The maximum Gasteiger partial charge on any atom is 0.303 e. The summed E-state index contributed by atoms with van der Waals surface area (Å²) in [4.78, 5) is 22.0. The maximum atomic E-state index is 12.3. The van der Waals surface area contributed by atoms with Gasteiger partial charge in [0.25, 0.3) is 10.0 Å². The summed E-state index contributed by atoms with van der Waals surface area (Å²) in [6.45, 7) is 0. The smallest absolute Gasteiger partial charge is 0.303 e. The molecule has 0 radical (unpaired) electrons. The first kappa shape index (κ1) is 19.2. The molecule has 2 aromatic rings. The van der Waals surface area contributed by atoms with Crippen LogP contribution in [-0.4, -0.2) is 25.4 Å². The number of carboxylic acids is 1. The number of sulfonamides is 1. The fraction of sp³-hybridized carbons (Fsp3) is 0.125. The van der Waals surface area contributed by atoms with E-state index >= 15 is 0 Å². The van der Waals surface area contributed by atoms with E-state index in [-0.39, 0.29) is 17.7 Å². The van der Waals surface area contributed by atoms with Gasteiger partial charge >= 0.3 is 5.97 Å². The molecule has 0 saturated carbocycles. The third-order valence-electron chi connectivity index (χ3n) is 3.11. The summed E-state index contributed by atoms with van der Waals surface area (Å²) in [5.41, 5.74) is 0.843. The van der Waals surface area contributed by atoms with Gasteiger partial charge in [-0.25, -0.2) is 8.42 Å². The van der Waals surface area contributed by atoms with E-state index in [0.717, 1.165) is 3.57 Å². The molecule has 2 rings (SSSR count). The molecule has 132 valence electrons. The van der Waals surface area contributed by atoms with E-state index in [4.69, 9.17) is 5.11 Å². The quantitative estimate of drug-likeness (QED) is 0.535. The monoisotopic (exact) mass is 474 g/mol. The number of carbonyl (C=O) groups excluding carboxylic acids is 1. The number of benzene rings is 2. The summed E-state index contributed by atoms with van der Waals surface area (Å²) in [5.74, 6) is -1.51. The van der Waals surface area contributed by atoms with E-state index in [9.17, 15) is 18.0 Å². The second kappa shape index (κ2) is 8.30. The molecule has 0 spiro atoms. The Morgan fingerprint density at radius 2 is 1.48 bits per heavy atom. The average Bonchev–Trinajstić information content (AvgIpc) is 2.55. The van der Waals surface area contributed by atoms with Crippen LogP contribution in [0.3, 0.4) is 0 Å². The Kier molecular flexibility index (Phi) is 6.37. The van der Waals surface area contributed by atoms with Crippen molar-refractivity contribution in [3.05, 3.63) is 52.1 Å². The van der Waals surface area contributed by atoms with E-state index in [2.05, 4.69) is 32.6 Å². The van der Waals surface area contributed by atoms with Crippen LogP contribution in [0.1, 0.15) is 12.8 Å². The van der Waals surface area contributed by atoms with Crippen LogP contribution < -0.4 is 10.0 Å². The number of rotatable bonds is 7. The zero-order valence-corrected chi connectivity index (χ0v) is 15.9. The second-order valence-electron chi connectivity index (χ2n) is 5.08. The van der Waals surface area contributed by atoms with E-state index in [0.29, 0.717) is 11.4 Å². The average molecular weight is 474 g/mol.